The average molecular weight is 366 g/mol. The standard InChI is InChI=1S/C17H13F3N2O2S/c18-14-5-6-16(22-25(23,24)12-3-4-12)13(17(14)20)8-11-2-1-10(9-21)7-15(11)19/h1-2,5-7,12,22H,3-4,8H2. The molecule has 1 fully saturated rings. The van der Waals surface area contributed by atoms with Gasteiger partial charge in [-0.2, -0.15) is 5.26 Å². The summed E-state index contributed by atoms with van der Waals surface area (Å²) in [6, 6.07) is 7.34. The average Bonchev–Trinajstić information content (AvgIpc) is 3.41. The van der Waals surface area contributed by atoms with Gasteiger partial charge < -0.3 is 0 Å². The van der Waals surface area contributed by atoms with E-state index < -0.39 is 32.7 Å². The zero-order chi connectivity index (χ0) is 18.2. The second-order valence-electron chi connectivity index (χ2n) is 5.83. The first-order chi connectivity index (χ1) is 11.8. The van der Waals surface area contributed by atoms with Crippen molar-refractivity contribution in [3.63, 3.8) is 0 Å². The van der Waals surface area contributed by atoms with E-state index in [0.717, 1.165) is 18.2 Å². The van der Waals surface area contributed by atoms with Gasteiger partial charge in [-0.05, 0) is 42.7 Å². The van der Waals surface area contributed by atoms with Crippen molar-refractivity contribution in [3.05, 3.63) is 64.5 Å². The van der Waals surface area contributed by atoms with Crippen LogP contribution in [-0.2, 0) is 16.4 Å². The lowest BCUT2D eigenvalue weighted by molar-refractivity contribution is 0.500. The summed E-state index contributed by atoms with van der Waals surface area (Å²) in [5.74, 6) is -3.14. The van der Waals surface area contributed by atoms with Crippen LogP contribution in [0, 0.1) is 28.8 Å². The second kappa shape index (κ2) is 6.41. The molecule has 0 spiro atoms. The lowest BCUT2D eigenvalue weighted by atomic mass is 10.0. The lowest BCUT2D eigenvalue weighted by Gasteiger charge is -2.14. The van der Waals surface area contributed by atoms with Crippen LogP contribution in [0.5, 0.6) is 0 Å². The molecule has 4 nitrogen and oxygen atoms in total. The van der Waals surface area contributed by atoms with Gasteiger partial charge in [0.2, 0.25) is 10.0 Å². The third-order valence-corrected chi connectivity index (χ3v) is 5.81. The highest BCUT2D eigenvalue weighted by molar-refractivity contribution is 7.93. The Hall–Kier alpha value is -2.53. The van der Waals surface area contributed by atoms with Crippen LogP contribution in [0.1, 0.15) is 29.5 Å². The predicted octanol–water partition coefficient (Wildman–Crippen LogP) is 3.47. The smallest absolute Gasteiger partial charge is 0.235 e. The van der Waals surface area contributed by atoms with Crippen molar-refractivity contribution in [2.45, 2.75) is 24.5 Å². The van der Waals surface area contributed by atoms with Crippen LogP contribution in [0.4, 0.5) is 18.9 Å². The minimum absolute atomic E-state index is 0.0235. The summed E-state index contributed by atoms with van der Waals surface area (Å²) in [6.07, 6.45) is 0.668. The Labute approximate surface area is 143 Å². The molecule has 0 bridgehead atoms. The first kappa shape index (κ1) is 17.3. The van der Waals surface area contributed by atoms with Gasteiger partial charge in [0.25, 0.3) is 0 Å². The van der Waals surface area contributed by atoms with Crippen LogP contribution < -0.4 is 4.72 Å². The van der Waals surface area contributed by atoms with Crippen LogP contribution in [0.25, 0.3) is 0 Å². The summed E-state index contributed by atoms with van der Waals surface area (Å²) in [4.78, 5) is 0. The van der Waals surface area contributed by atoms with Crippen LogP contribution >= 0.6 is 0 Å². The van der Waals surface area contributed by atoms with Crippen molar-refractivity contribution in [3.8, 4) is 6.07 Å². The van der Waals surface area contributed by atoms with Gasteiger partial charge in [0.15, 0.2) is 11.6 Å². The molecule has 0 unspecified atom stereocenters. The van der Waals surface area contributed by atoms with E-state index in [1.54, 1.807) is 6.07 Å². The Kier molecular flexibility index (Phi) is 4.43. The quantitative estimate of drug-likeness (QED) is 0.881. The van der Waals surface area contributed by atoms with Gasteiger partial charge in [0, 0.05) is 12.0 Å². The Morgan fingerprint density at radius 2 is 1.84 bits per heavy atom. The molecule has 1 N–H and O–H groups in total. The van der Waals surface area contributed by atoms with Crippen LogP contribution in [-0.4, -0.2) is 13.7 Å². The number of nitriles is 1. The number of benzene rings is 2. The highest BCUT2D eigenvalue weighted by Crippen LogP contribution is 2.32. The fraction of sp³-hybridized carbons (Fsp3) is 0.235. The topological polar surface area (TPSA) is 70.0 Å². The zero-order valence-electron chi connectivity index (χ0n) is 12.9. The molecule has 3 rings (SSSR count). The molecule has 1 aliphatic carbocycles. The monoisotopic (exact) mass is 366 g/mol. The van der Waals surface area contributed by atoms with E-state index in [1.807, 2.05) is 0 Å². The lowest BCUT2D eigenvalue weighted by Crippen LogP contribution is -2.19. The molecule has 1 saturated carbocycles. The first-order valence-corrected chi connectivity index (χ1v) is 9.03. The summed E-state index contributed by atoms with van der Waals surface area (Å²) >= 11 is 0. The molecule has 0 heterocycles. The molecule has 0 amide bonds. The van der Waals surface area contributed by atoms with Crippen molar-refractivity contribution < 1.29 is 21.6 Å². The van der Waals surface area contributed by atoms with E-state index in [1.165, 1.54) is 12.1 Å². The molecular weight excluding hydrogens is 353 g/mol. The molecule has 0 saturated heterocycles. The van der Waals surface area contributed by atoms with Gasteiger partial charge >= 0.3 is 0 Å². The van der Waals surface area contributed by atoms with Gasteiger partial charge in [-0.3, -0.25) is 4.72 Å². The van der Waals surface area contributed by atoms with Crippen LogP contribution in [0.3, 0.4) is 0 Å². The van der Waals surface area contributed by atoms with E-state index in [2.05, 4.69) is 4.72 Å². The second-order valence-corrected chi connectivity index (χ2v) is 7.79. The van der Waals surface area contributed by atoms with Crippen molar-refractivity contribution in [1.82, 2.24) is 0 Å². The maximum atomic E-state index is 14.2. The molecule has 130 valence electrons. The van der Waals surface area contributed by atoms with Gasteiger partial charge in [-0.1, -0.05) is 6.07 Å². The minimum Gasteiger partial charge on any atom is -0.283 e. The maximum Gasteiger partial charge on any atom is 0.235 e. The largest absolute Gasteiger partial charge is 0.283 e. The van der Waals surface area contributed by atoms with E-state index in [-0.39, 0.29) is 28.8 Å². The van der Waals surface area contributed by atoms with Gasteiger partial charge in [0.05, 0.1) is 22.6 Å². The third kappa shape index (κ3) is 3.61. The zero-order valence-corrected chi connectivity index (χ0v) is 13.7. The minimum atomic E-state index is -3.68. The molecule has 0 aromatic heterocycles. The van der Waals surface area contributed by atoms with Crippen LogP contribution in [0.15, 0.2) is 30.3 Å². The highest BCUT2D eigenvalue weighted by Gasteiger charge is 2.36. The van der Waals surface area contributed by atoms with Crippen molar-refractivity contribution in [2.24, 2.45) is 0 Å². The predicted molar refractivity (Wildman–Crippen MR) is 85.8 cm³/mol. The van der Waals surface area contributed by atoms with Crippen molar-refractivity contribution in [2.75, 3.05) is 4.72 Å². The number of halogens is 3. The highest BCUT2D eigenvalue weighted by atomic mass is 32.2. The Bertz CT molecular complexity index is 980. The van der Waals surface area contributed by atoms with Gasteiger partial charge in [0.1, 0.15) is 5.82 Å². The molecule has 2 aromatic rings. The van der Waals surface area contributed by atoms with Crippen LogP contribution in [0.2, 0.25) is 0 Å². The maximum absolute atomic E-state index is 14.2. The van der Waals surface area contributed by atoms with E-state index in [0.29, 0.717) is 12.8 Å². The number of nitrogens with one attached hydrogen (secondary N) is 1. The number of hydrogen-bond donors (Lipinski definition) is 1. The van der Waals surface area contributed by atoms with E-state index in [4.69, 9.17) is 5.26 Å². The van der Waals surface area contributed by atoms with Crippen molar-refractivity contribution in [1.29, 1.82) is 5.26 Å². The fourth-order valence-electron chi connectivity index (χ4n) is 2.43. The summed E-state index contributed by atoms with van der Waals surface area (Å²) < 4.78 is 68.3. The summed E-state index contributed by atoms with van der Waals surface area (Å²) in [5.41, 5.74) is -0.284. The fourth-order valence-corrected chi connectivity index (χ4v) is 3.85. The molecule has 25 heavy (non-hydrogen) atoms. The molecule has 0 radical (unpaired) electrons. The number of rotatable bonds is 5. The molecule has 8 heteroatoms. The molecule has 2 aromatic carbocycles. The van der Waals surface area contributed by atoms with Gasteiger partial charge in [-0.15, -0.1) is 0 Å². The molecule has 0 atom stereocenters. The number of sulfonamides is 1. The SMILES string of the molecule is N#Cc1ccc(Cc2c(NS(=O)(=O)C3CC3)ccc(F)c2F)c(F)c1. The first-order valence-electron chi connectivity index (χ1n) is 7.49. The number of anilines is 1. The molecule has 1 aliphatic rings. The van der Waals surface area contributed by atoms with Gasteiger partial charge in [-0.25, -0.2) is 21.6 Å². The Morgan fingerprint density at radius 1 is 1.12 bits per heavy atom. The number of hydrogen-bond acceptors (Lipinski definition) is 3. The third-order valence-electron chi connectivity index (χ3n) is 3.96. The Morgan fingerprint density at radius 3 is 2.44 bits per heavy atom. The molecule has 0 aliphatic heterocycles. The van der Waals surface area contributed by atoms with Crippen molar-refractivity contribution >= 4 is 15.7 Å². The molecular formula is C17H13F3N2O2S. The normalized spacial score (nSPS) is 14.2. The summed E-state index contributed by atoms with van der Waals surface area (Å²) in [7, 11) is -3.68. The number of nitrogens with zero attached hydrogens (tertiary/aromatic N) is 1. The summed E-state index contributed by atoms with van der Waals surface area (Å²) in [5, 5.41) is 8.21. The summed E-state index contributed by atoms with van der Waals surface area (Å²) in [6.45, 7) is 0. The van der Waals surface area contributed by atoms with E-state index in [9.17, 15) is 21.6 Å². The Balaban J connectivity index is 2.00. The van der Waals surface area contributed by atoms with E-state index >= 15 is 0 Å².